The van der Waals surface area contributed by atoms with Crippen molar-refractivity contribution < 1.29 is 4.74 Å². The Balaban J connectivity index is 2.50. The summed E-state index contributed by atoms with van der Waals surface area (Å²) in [5, 5.41) is 0. The highest BCUT2D eigenvalue weighted by molar-refractivity contribution is 5.35. The summed E-state index contributed by atoms with van der Waals surface area (Å²) in [6, 6.07) is 20.3. The van der Waals surface area contributed by atoms with E-state index in [9.17, 15) is 0 Å². The van der Waals surface area contributed by atoms with E-state index in [0.29, 0.717) is 0 Å². The van der Waals surface area contributed by atoms with Crippen molar-refractivity contribution in [2.24, 2.45) is 0 Å². The molecule has 0 aliphatic carbocycles. The zero-order valence-corrected chi connectivity index (χ0v) is 9.97. The van der Waals surface area contributed by atoms with Gasteiger partial charge >= 0.3 is 0 Å². The van der Waals surface area contributed by atoms with Crippen molar-refractivity contribution in [1.29, 1.82) is 0 Å². The zero-order chi connectivity index (χ0) is 12.1. The third kappa shape index (κ3) is 2.23. The smallest absolute Gasteiger partial charge is 0.155 e. The summed E-state index contributed by atoms with van der Waals surface area (Å²) in [5.74, 6) is 0. The van der Waals surface area contributed by atoms with Gasteiger partial charge in [0.1, 0.15) is 0 Å². The van der Waals surface area contributed by atoms with E-state index in [0.717, 1.165) is 11.1 Å². The molecular formula is C16H16O. The van der Waals surface area contributed by atoms with Crippen LogP contribution in [0.25, 0.3) is 0 Å². The highest BCUT2D eigenvalue weighted by Gasteiger charge is 2.29. The summed E-state index contributed by atoms with van der Waals surface area (Å²) < 4.78 is 5.77. The lowest BCUT2D eigenvalue weighted by atomic mass is 9.88. The lowest BCUT2D eigenvalue weighted by molar-refractivity contribution is 0.0776. The molecule has 0 saturated carbocycles. The van der Waals surface area contributed by atoms with Gasteiger partial charge in [-0.25, -0.2) is 0 Å². The van der Waals surface area contributed by atoms with Crippen molar-refractivity contribution in [2.45, 2.75) is 12.5 Å². The second kappa shape index (κ2) is 4.88. The Hall–Kier alpha value is -2.02. The molecular weight excluding hydrogens is 208 g/mol. The van der Waals surface area contributed by atoms with E-state index >= 15 is 0 Å². The first-order valence-electron chi connectivity index (χ1n) is 5.67. The van der Waals surface area contributed by atoms with E-state index in [2.05, 4.69) is 37.8 Å². The van der Waals surface area contributed by atoms with Crippen LogP contribution in [-0.2, 0) is 10.3 Å². The molecule has 0 N–H and O–H groups in total. The maximum Gasteiger partial charge on any atom is 0.155 e. The van der Waals surface area contributed by atoms with Crippen LogP contribution in [-0.4, -0.2) is 0 Å². The molecule has 2 aromatic rings. The minimum absolute atomic E-state index is 0.482. The van der Waals surface area contributed by atoms with E-state index in [1.807, 2.05) is 36.4 Å². The maximum atomic E-state index is 5.77. The molecule has 0 amide bonds. The van der Waals surface area contributed by atoms with Gasteiger partial charge in [0.05, 0.1) is 6.26 Å². The van der Waals surface area contributed by atoms with Crippen molar-refractivity contribution in [3.63, 3.8) is 0 Å². The highest BCUT2D eigenvalue weighted by Crippen LogP contribution is 2.33. The molecule has 86 valence electrons. The Morgan fingerprint density at radius 1 is 0.882 bits per heavy atom. The summed E-state index contributed by atoms with van der Waals surface area (Å²) in [6.07, 6.45) is 1.50. The van der Waals surface area contributed by atoms with E-state index in [1.165, 1.54) is 6.26 Å². The molecule has 0 aliphatic rings. The van der Waals surface area contributed by atoms with Crippen LogP contribution in [0.3, 0.4) is 0 Å². The topological polar surface area (TPSA) is 9.23 Å². The summed E-state index contributed by atoms with van der Waals surface area (Å²) in [4.78, 5) is 0. The Morgan fingerprint density at radius 2 is 1.29 bits per heavy atom. The summed E-state index contributed by atoms with van der Waals surface area (Å²) in [6.45, 7) is 5.73. The van der Waals surface area contributed by atoms with E-state index < -0.39 is 5.60 Å². The van der Waals surface area contributed by atoms with Gasteiger partial charge in [-0.05, 0) is 18.1 Å². The van der Waals surface area contributed by atoms with Gasteiger partial charge in [0, 0.05) is 0 Å². The van der Waals surface area contributed by atoms with Crippen LogP contribution in [0.5, 0.6) is 0 Å². The van der Waals surface area contributed by atoms with Crippen LogP contribution in [0.2, 0.25) is 0 Å². The van der Waals surface area contributed by atoms with Gasteiger partial charge in [-0.15, -0.1) is 0 Å². The average molecular weight is 224 g/mol. The summed E-state index contributed by atoms with van der Waals surface area (Å²) in [5.41, 5.74) is 1.75. The Bertz CT molecular complexity index is 434. The molecule has 0 fully saturated rings. The molecule has 0 spiro atoms. The number of benzene rings is 2. The van der Waals surface area contributed by atoms with Crippen LogP contribution < -0.4 is 0 Å². The van der Waals surface area contributed by atoms with Crippen molar-refractivity contribution in [2.75, 3.05) is 0 Å². The van der Waals surface area contributed by atoms with Crippen molar-refractivity contribution in [1.82, 2.24) is 0 Å². The minimum atomic E-state index is -0.482. The molecule has 0 atom stereocenters. The Morgan fingerprint density at radius 3 is 1.65 bits per heavy atom. The molecule has 1 nitrogen and oxygen atoms in total. The molecule has 2 aromatic carbocycles. The Labute approximate surface area is 102 Å². The van der Waals surface area contributed by atoms with Crippen molar-refractivity contribution in [3.8, 4) is 0 Å². The fraction of sp³-hybridized carbons (Fsp3) is 0.125. The van der Waals surface area contributed by atoms with Gasteiger partial charge in [-0.3, -0.25) is 0 Å². The molecule has 0 heterocycles. The number of hydrogen-bond donors (Lipinski definition) is 0. The van der Waals surface area contributed by atoms with Crippen molar-refractivity contribution in [3.05, 3.63) is 84.6 Å². The van der Waals surface area contributed by atoms with E-state index in [4.69, 9.17) is 4.74 Å². The molecule has 0 radical (unpaired) electrons. The normalized spacial score (nSPS) is 10.9. The standard InChI is InChI=1S/C16H16O/c1-3-17-16(2,14-10-6-4-7-11-14)15-12-8-5-9-13-15/h3-13H,1H2,2H3. The predicted molar refractivity (Wildman–Crippen MR) is 70.6 cm³/mol. The quantitative estimate of drug-likeness (QED) is 0.710. The lowest BCUT2D eigenvalue weighted by Crippen LogP contribution is -2.25. The Kier molecular flexibility index (Phi) is 3.29. The van der Waals surface area contributed by atoms with E-state index in [-0.39, 0.29) is 0 Å². The summed E-state index contributed by atoms with van der Waals surface area (Å²) in [7, 11) is 0. The van der Waals surface area contributed by atoms with Crippen LogP contribution in [0.4, 0.5) is 0 Å². The third-order valence-electron chi connectivity index (χ3n) is 2.97. The predicted octanol–water partition coefficient (Wildman–Crippen LogP) is 4.11. The fourth-order valence-corrected chi connectivity index (χ4v) is 1.98. The van der Waals surface area contributed by atoms with Crippen LogP contribution in [0.15, 0.2) is 73.5 Å². The second-order valence-corrected chi connectivity index (χ2v) is 4.05. The lowest BCUT2D eigenvalue weighted by Gasteiger charge is -2.30. The molecule has 0 aromatic heterocycles. The average Bonchev–Trinajstić information content (AvgIpc) is 2.41. The maximum absolute atomic E-state index is 5.77. The second-order valence-electron chi connectivity index (χ2n) is 4.05. The molecule has 0 unspecified atom stereocenters. The number of ether oxygens (including phenoxy) is 1. The third-order valence-corrected chi connectivity index (χ3v) is 2.97. The molecule has 1 heteroatoms. The van der Waals surface area contributed by atoms with Crippen LogP contribution in [0, 0.1) is 0 Å². The molecule has 2 rings (SSSR count). The first-order valence-corrected chi connectivity index (χ1v) is 5.67. The van der Waals surface area contributed by atoms with E-state index in [1.54, 1.807) is 0 Å². The SMILES string of the molecule is C=COC(C)(c1ccccc1)c1ccccc1. The fourth-order valence-electron chi connectivity index (χ4n) is 1.98. The monoisotopic (exact) mass is 224 g/mol. The van der Waals surface area contributed by atoms with Gasteiger partial charge in [0.15, 0.2) is 5.60 Å². The minimum Gasteiger partial charge on any atom is -0.486 e. The first-order chi connectivity index (χ1) is 8.27. The van der Waals surface area contributed by atoms with Gasteiger partial charge in [-0.2, -0.15) is 0 Å². The molecule has 0 bridgehead atoms. The number of hydrogen-bond acceptors (Lipinski definition) is 1. The van der Waals surface area contributed by atoms with Gasteiger partial charge in [-0.1, -0.05) is 67.2 Å². The first kappa shape index (κ1) is 11.5. The zero-order valence-electron chi connectivity index (χ0n) is 9.97. The molecule has 17 heavy (non-hydrogen) atoms. The van der Waals surface area contributed by atoms with Gasteiger partial charge in [0.2, 0.25) is 0 Å². The largest absolute Gasteiger partial charge is 0.486 e. The van der Waals surface area contributed by atoms with Crippen molar-refractivity contribution >= 4 is 0 Å². The summed E-state index contributed by atoms with van der Waals surface area (Å²) >= 11 is 0. The number of rotatable bonds is 4. The molecule has 0 saturated heterocycles. The van der Waals surface area contributed by atoms with Crippen LogP contribution >= 0.6 is 0 Å². The van der Waals surface area contributed by atoms with Gasteiger partial charge < -0.3 is 4.74 Å². The van der Waals surface area contributed by atoms with Crippen LogP contribution in [0.1, 0.15) is 18.1 Å². The molecule has 0 aliphatic heterocycles. The van der Waals surface area contributed by atoms with Gasteiger partial charge in [0.25, 0.3) is 0 Å². The highest BCUT2D eigenvalue weighted by atomic mass is 16.5.